The van der Waals surface area contributed by atoms with Crippen LogP contribution in [0.4, 0.5) is 0 Å². The Kier molecular flexibility index (Phi) is 6.12. The maximum atomic E-state index is 13.3. The van der Waals surface area contributed by atoms with E-state index in [1.54, 1.807) is 30.6 Å². The van der Waals surface area contributed by atoms with Gasteiger partial charge in [0.1, 0.15) is 0 Å². The van der Waals surface area contributed by atoms with Crippen LogP contribution in [-0.4, -0.2) is 50.0 Å². The van der Waals surface area contributed by atoms with Gasteiger partial charge in [0.2, 0.25) is 10.0 Å². The Morgan fingerprint density at radius 2 is 2.00 bits per heavy atom. The number of hydrogen-bond acceptors (Lipinski definition) is 5. The van der Waals surface area contributed by atoms with Crippen LogP contribution in [-0.2, 0) is 21.4 Å². The molecule has 29 heavy (non-hydrogen) atoms. The number of hydrogen-bond donors (Lipinski definition) is 1. The van der Waals surface area contributed by atoms with Crippen LogP contribution in [0.1, 0.15) is 5.56 Å². The molecule has 2 aromatic carbocycles. The van der Waals surface area contributed by atoms with Crippen molar-refractivity contribution in [1.82, 2.24) is 14.6 Å². The van der Waals surface area contributed by atoms with Crippen LogP contribution < -0.4 is 5.32 Å². The predicted molar refractivity (Wildman–Crippen MR) is 113 cm³/mol. The number of benzene rings is 2. The molecule has 0 saturated carbocycles. The largest absolute Gasteiger partial charge is 0.375 e. The van der Waals surface area contributed by atoms with Gasteiger partial charge in [0.25, 0.3) is 0 Å². The molecule has 2 heterocycles. The van der Waals surface area contributed by atoms with Crippen molar-refractivity contribution in [2.75, 3.05) is 26.2 Å². The number of rotatable bonds is 6. The highest BCUT2D eigenvalue weighted by atomic mass is 35.5. The lowest BCUT2D eigenvalue weighted by Gasteiger charge is -2.33. The average Bonchev–Trinajstić information content (AvgIpc) is 2.75. The molecular formula is C21H22ClN3O3S. The molecule has 0 spiro atoms. The third kappa shape index (κ3) is 4.60. The zero-order valence-corrected chi connectivity index (χ0v) is 17.4. The summed E-state index contributed by atoms with van der Waals surface area (Å²) in [6, 6.07) is 14.5. The van der Waals surface area contributed by atoms with Gasteiger partial charge < -0.3 is 10.1 Å². The first kappa shape index (κ1) is 20.3. The molecule has 0 amide bonds. The van der Waals surface area contributed by atoms with E-state index in [2.05, 4.69) is 10.3 Å². The minimum atomic E-state index is -3.61. The summed E-state index contributed by atoms with van der Waals surface area (Å²) in [4.78, 5) is 4.40. The van der Waals surface area contributed by atoms with E-state index < -0.39 is 10.0 Å². The summed E-state index contributed by atoms with van der Waals surface area (Å²) in [6.45, 7) is 2.26. The summed E-state index contributed by atoms with van der Waals surface area (Å²) in [6.07, 6.45) is 3.30. The fraction of sp³-hybridized carbons (Fsp3) is 0.286. The van der Waals surface area contributed by atoms with Gasteiger partial charge in [-0.2, -0.15) is 4.31 Å². The van der Waals surface area contributed by atoms with Gasteiger partial charge in [-0.1, -0.05) is 35.9 Å². The molecule has 1 atom stereocenters. The van der Waals surface area contributed by atoms with Crippen molar-refractivity contribution >= 4 is 32.4 Å². The molecule has 0 aliphatic carbocycles. The standard InChI is InChI=1S/C21H22ClN3O3S/c22-18-6-4-16(5-7-18)14-28-15-19-13-25(11-10-24-19)29(26,27)21-3-1-2-17-12-23-9-8-20(17)21/h1-9,12,19,24H,10-11,13-15H2. The molecule has 6 nitrogen and oxygen atoms in total. The maximum absolute atomic E-state index is 13.3. The normalized spacial score (nSPS) is 18.2. The highest BCUT2D eigenvalue weighted by molar-refractivity contribution is 7.89. The molecule has 1 unspecified atom stereocenters. The monoisotopic (exact) mass is 431 g/mol. The third-order valence-corrected chi connectivity index (χ3v) is 7.15. The van der Waals surface area contributed by atoms with E-state index in [4.69, 9.17) is 16.3 Å². The van der Waals surface area contributed by atoms with E-state index in [-0.39, 0.29) is 6.04 Å². The second-order valence-corrected chi connectivity index (χ2v) is 9.35. The second-order valence-electron chi connectivity index (χ2n) is 7.01. The number of ether oxygens (including phenoxy) is 1. The van der Waals surface area contributed by atoms with Crippen molar-refractivity contribution < 1.29 is 13.2 Å². The van der Waals surface area contributed by atoms with E-state index in [1.807, 2.05) is 30.3 Å². The van der Waals surface area contributed by atoms with Crippen molar-refractivity contribution in [2.45, 2.75) is 17.5 Å². The van der Waals surface area contributed by atoms with Crippen LogP contribution in [0.15, 0.2) is 65.8 Å². The summed E-state index contributed by atoms with van der Waals surface area (Å²) >= 11 is 5.90. The van der Waals surface area contributed by atoms with Crippen LogP contribution in [0.2, 0.25) is 5.02 Å². The number of fused-ring (bicyclic) bond motifs is 1. The number of aromatic nitrogens is 1. The number of piperazine rings is 1. The Morgan fingerprint density at radius 3 is 2.83 bits per heavy atom. The summed E-state index contributed by atoms with van der Waals surface area (Å²) < 4.78 is 33.9. The van der Waals surface area contributed by atoms with Gasteiger partial charge >= 0.3 is 0 Å². The Labute approximate surface area is 175 Å². The molecule has 1 aliphatic rings. The van der Waals surface area contributed by atoms with Crippen molar-refractivity contribution in [3.05, 3.63) is 71.5 Å². The second kappa shape index (κ2) is 8.77. The molecule has 1 N–H and O–H groups in total. The van der Waals surface area contributed by atoms with Gasteiger partial charge in [-0.25, -0.2) is 8.42 Å². The van der Waals surface area contributed by atoms with Crippen LogP contribution in [0.5, 0.6) is 0 Å². The first-order chi connectivity index (χ1) is 14.0. The van der Waals surface area contributed by atoms with Crippen molar-refractivity contribution in [2.24, 2.45) is 0 Å². The molecule has 152 valence electrons. The fourth-order valence-corrected chi connectivity index (χ4v) is 5.31. The Morgan fingerprint density at radius 1 is 1.17 bits per heavy atom. The number of sulfonamides is 1. The van der Waals surface area contributed by atoms with Crippen LogP contribution >= 0.6 is 11.6 Å². The summed E-state index contributed by atoms with van der Waals surface area (Å²) in [5.74, 6) is 0. The van der Waals surface area contributed by atoms with Crippen molar-refractivity contribution in [3.8, 4) is 0 Å². The lowest BCUT2D eigenvalue weighted by molar-refractivity contribution is 0.0855. The molecule has 0 radical (unpaired) electrons. The SMILES string of the molecule is O=S(=O)(c1cccc2cnccc12)N1CCNC(COCc2ccc(Cl)cc2)C1. The molecule has 1 saturated heterocycles. The molecule has 8 heteroatoms. The third-order valence-electron chi connectivity index (χ3n) is 4.98. The van der Waals surface area contributed by atoms with E-state index in [9.17, 15) is 8.42 Å². The molecule has 1 aliphatic heterocycles. The topological polar surface area (TPSA) is 71.5 Å². The predicted octanol–water partition coefficient (Wildman–Crippen LogP) is 3.07. The average molecular weight is 432 g/mol. The van der Waals surface area contributed by atoms with Gasteiger partial charge in [0.15, 0.2) is 0 Å². The highest BCUT2D eigenvalue weighted by Gasteiger charge is 2.31. The van der Waals surface area contributed by atoms with Gasteiger partial charge in [-0.3, -0.25) is 4.98 Å². The van der Waals surface area contributed by atoms with Crippen LogP contribution in [0.25, 0.3) is 10.8 Å². The van der Waals surface area contributed by atoms with Gasteiger partial charge in [-0.05, 0) is 29.8 Å². The molecule has 4 rings (SSSR count). The number of pyridine rings is 1. The minimum Gasteiger partial charge on any atom is -0.375 e. The van der Waals surface area contributed by atoms with Gasteiger partial charge in [0, 0.05) is 53.9 Å². The summed E-state index contributed by atoms with van der Waals surface area (Å²) in [7, 11) is -3.61. The Hall–Kier alpha value is -2.03. The van der Waals surface area contributed by atoms with Gasteiger partial charge in [-0.15, -0.1) is 0 Å². The fourth-order valence-electron chi connectivity index (χ4n) is 3.48. The van der Waals surface area contributed by atoms with E-state index >= 15 is 0 Å². The van der Waals surface area contributed by atoms with E-state index in [1.165, 1.54) is 4.31 Å². The van der Waals surface area contributed by atoms with Crippen LogP contribution in [0, 0.1) is 0 Å². The van der Waals surface area contributed by atoms with E-state index in [0.717, 1.165) is 10.9 Å². The summed E-state index contributed by atoms with van der Waals surface area (Å²) in [5, 5.41) is 5.53. The Balaban J connectivity index is 1.44. The minimum absolute atomic E-state index is 0.0672. The van der Waals surface area contributed by atoms with Crippen molar-refractivity contribution in [1.29, 1.82) is 0 Å². The first-order valence-electron chi connectivity index (χ1n) is 9.42. The quantitative estimate of drug-likeness (QED) is 0.649. The molecular weight excluding hydrogens is 410 g/mol. The number of halogens is 1. The van der Waals surface area contributed by atoms with Crippen LogP contribution in [0.3, 0.4) is 0 Å². The smallest absolute Gasteiger partial charge is 0.243 e. The van der Waals surface area contributed by atoms with Gasteiger partial charge in [0.05, 0.1) is 18.1 Å². The molecule has 0 bridgehead atoms. The first-order valence-corrected chi connectivity index (χ1v) is 11.2. The Bertz CT molecular complexity index is 1080. The molecule has 3 aromatic rings. The number of nitrogens with zero attached hydrogens (tertiary/aromatic N) is 2. The number of nitrogens with one attached hydrogen (secondary N) is 1. The maximum Gasteiger partial charge on any atom is 0.243 e. The molecule has 1 fully saturated rings. The molecule has 1 aromatic heterocycles. The lowest BCUT2D eigenvalue weighted by Crippen LogP contribution is -2.54. The summed E-state index contributed by atoms with van der Waals surface area (Å²) in [5.41, 5.74) is 1.03. The lowest BCUT2D eigenvalue weighted by atomic mass is 10.2. The zero-order chi connectivity index (χ0) is 20.3. The highest BCUT2D eigenvalue weighted by Crippen LogP contribution is 2.25. The van der Waals surface area contributed by atoms with E-state index in [0.29, 0.717) is 48.2 Å². The van der Waals surface area contributed by atoms with Crippen molar-refractivity contribution in [3.63, 3.8) is 0 Å². The zero-order valence-electron chi connectivity index (χ0n) is 15.8.